The van der Waals surface area contributed by atoms with Crippen molar-refractivity contribution < 1.29 is 14.3 Å². The van der Waals surface area contributed by atoms with Crippen LogP contribution < -0.4 is 20.9 Å². The summed E-state index contributed by atoms with van der Waals surface area (Å²) in [4.78, 5) is 12.3. The van der Waals surface area contributed by atoms with E-state index >= 15 is 0 Å². The minimum Gasteiger partial charge on any atom is -0.490 e. The van der Waals surface area contributed by atoms with Crippen LogP contribution in [0, 0.1) is 0 Å². The number of carbonyl (C=O) groups is 1. The van der Waals surface area contributed by atoms with Crippen LogP contribution in [0.3, 0.4) is 0 Å². The molecule has 1 unspecified atom stereocenters. The molecule has 0 aliphatic carbocycles. The minimum absolute atomic E-state index is 0.455. The second-order valence-corrected chi connectivity index (χ2v) is 6.56. The van der Waals surface area contributed by atoms with E-state index in [9.17, 15) is 4.79 Å². The lowest BCUT2D eigenvalue weighted by atomic mass is 9.97. The number of nitrogens with two attached hydrogens (primary N) is 2. The zero-order valence-electron chi connectivity index (χ0n) is 12.3. The van der Waals surface area contributed by atoms with Crippen molar-refractivity contribution in [2.75, 3.05) is 19.0 Å². The van der Waals surface area contributed by atoms with Crippen LogP contribution in [-0.2, 0) is 4.79 Å². The Balaban J connectivity index is 1.84. The Morgan fingerprint density at radius 3 is 2.76 bits per heavy atom. The fraction of sp³-hybridized carbons (Fsp3) is 0.533. The molecule has 0 aromatic heterocycles. The van der Waals surface area contributed by atoms with Crippen molar-refractivity contribution in [3.63, 3.8) is 0 Å². The molecule has 1 aromatic rings. The van der Waals surface area contributed by atoms with Gasteiger partial charge < -0.3 is 20.9 Å². The van der Waals surface area contributed by atoms with Crippen molar-refractivity contribution in [3.8, 4) is 11.5 Å². The SMILES string of the molecule is CC(N)(CCCSc1ccc2c(c1)OCCCO2)C(N)=O. The predicted molar refractivity (Wildman–Crippen MR) is 83.8 cm³/mol. The molecule has 5 nitrogen and oxygen atoms in total. The molecule has 0 fully saturated rings. The maximum absolute atomic E-state index is 11.1. The first-order valence-corrected chi connectivity index (χ1v) is 8.09. The summed E-state index contributed by atoms with van der Waals surface area (Å²) in [5.41, 5.74) is 10.2. The molecule has 116 valence electrons. The van der Waals surface area contributed by atoms with E-state index in [1.807, 2.05) is 18.2 Å². The van der Waals surface area contributed by atoms with Crippen LogP contribution in [0.5, 0.6) is 11.5 Å². The molecule has 1 aliphatic heterocycles. The Labute approximate surface area is 129 Å². The van der Waals surface area contributed by atoms with Crippen molar-refractivity contribution in [1.29, 1.82) is 0 Å². The van der Waals surface area contributed by atoms with Gasteiger partial charge in [0.25, 0.3) is 0 Å². The van der Waals surface area contributed by atoms with Gasteiger partial charge in [0.2, 0.25) is 5.91 Å². The molecule has 0 radical (unpaired) electrons. The van der Waals surface area contributed by atoms with Crippen LogP contribution >= 0.6 is 11.8 Å². The number of primary amides is 1. The van der Waals surface area contributed by atoms with Crippen molar-refractivity contribution in [2.45, 2.75) is 36.6 Å². The van der Waals surface area contributed by atoms with E-state index < -0.39 is 11.4 Å². The highest BCUT2D eigenvalue weighted by molar-refractivity contribution is 7.99. The molecule has 1 heterocycles. The van der Waals surface area contributed by atoms with Crippen molar-refractivity contribution in [3.05, 3.63) is 18.2 Å². The van der Waals surface area contributed by atoms with E-state index in [0.717, 1.165) is 35.0 Å². The van der Waals surface area contributed by atoms with Crippen LogP contribution in [0.15, 0.2) is 23.1 Å². The molecule has 0 spiro atoms. The highest BCUT2D eigenvalue weighted by Gasteiger charge is 2.24. The number of carbonyl (C=O) groups excluding carboxylic acids is 1. The van der Waals surface area contributed by atoms with E-state index in [1.165, 1.54) is 0 Å². The van der Waals surface area contributed by atoms with Crippen molar-refractivity contribution in [1.82, 2.24) is 0 Å². The third-order valence-corrected chi connectivity index (χ3v) is 4.47. The van der Waals surface area contributed by atoms with Gasteiger partial charge in [-0.2, -0.15) is 0 Å². The molecule has 1 amide bonds. The van der Waals surface area contributed by atoms with E-state index in [-0.39, 0.29) is 0 Å². The molecule has 1 atom stereocenters. The number of hydrogen-bond donors (Lipinski definition) is 2. The normalized spacial score (nSPS) is 16.9. The highest BCUT2D eigenvalue weighted by atomic mass is 32.2. The lowest BCUT2D eigenvalue weighted by Gasteiger charge is -2.19. The first-order valence-electron chi connectivity index (χ1n) is 7.10. The number of hydrogen-bond acceptors (Lipinski definition) is 5. The lowest BCUT2D eigenvalue weighted by Crippen LogP contribution is -2.49. The Bertz CT molecular complexity index is 506. The van der Waals surface area contributed by atoms with Crippen molar-refractivity contribution >= 4 is 17.7 Å². The monoisotopic (exact) mass is 310 g/mol. The Hall–Kier alpha value is -1.40. The largest absolute Gasteiger partial charge is 0.490 e. The van der Waals surface area contributed by atoms with Gasteiger partial charge in [0.15, 0.2) is 11.5 Å². The molecule has 1 aliphatic rings. The van der Waals surface area contributed by atoms with Gasteiger partial charge in [0.1, 0.15) is 0 Å². The smallest absolute Gasteiger partial charge is 0.237 e. The number of amides is 1. The van der Waals surface area contributed by atoms with E-state index in [2.05, 4.69) is 0 Å². The van der Waals surface area contributed by atoms with Crippen LogP contribution in [0.1, 0.15) is 26.2 Å². The summed E-state index contributed by atoms with van der Waals surface area (Å²) in [6.07, 6.45) is 2.31. The molecule has 0 saturated carbocycles. The zero-order valence-corrected chi connectivity index (χ0v) is 13.1. The maximum Gasteiger partial charge on any atom is 0.237 e. The van der Waals surface area contributed by atoms with Gasteiger partial charge in [-0.3, -0.25) is 4.79 Å². The lowest BCUT2D eigenvalue weighted by molar-refractivity contribution is -0.122. The van der Waals surface area contributed by atoms with Crippen LogP contribution in [0.25, 0.3) is 0 Å². The topological polar surface area (TPSA) is 87.6 Å². The van der Waals surface area contributed by atoms with Crippen LogP contribution in [-0.4, -0.2) is 30.4 Å². The van der Waals surface area contributed by atoms with Gasteiger partial charge in [0, 0.05) is 11.3 Å². The van der Waals surface area contributed by atoms with Gasteiger partial charge >= 0.3 is 0 Å². The van der Waals surface area contributed by atoms with Gasteiger partial charge in [-0.1, -0.05) is 0 Å². The first kappa shape index (κ1) is 16.0. The Kier molecular flexibility index (Phi) is 5.36. The summed E-state index contributed by atoms with van der Waals surface area (Å²) in [7, 11) is 0. The average molecular weight is 310 g/mol. The number of thioether (sulfide) groups is 1. The fourth-order valence-electron chi connectivity index (χ4n) is 1.99. The molecule has 0 saturated heterocycles. The quantitative estimate of drug-likeness (QED) is 0.619. The third-order valence-electron chi connectivity index (χ3n) is 3.39. The Morgan fingerprint density at radius 2 is 2.05 bits per heavy atom. The number of rotatable bonds is 6. The summed E-state index contributed by atoms with van der Waals surface area (Å²) in [6, 6.07) is 5.97. The molecule has 2 rings (SSSR count). The summed E-state index contributed by atoms with van der Waals surface area (Å²) in [5.74, 6) is 2.03. The summed E-state index contributed by atoms with van der Waals surface area (Å²) >= 11 is 1.71. The number of ether oxygens (including phenoxy) is 2. The van der Waals surface area contributed by atoms with Crippen molar-refractivity contribution in [2.24, 2.45) is 11.5 Å². The Morgan fingerprint density at radius 1 is 1.33 bits per heavy atom. The van der Waals surface area contributed by atoms with E-state index in [0.29, 0.717) is 19.6 Å². The third kappa shape index (κ3) is 4.54. The minimum atomic E-state index is -0.925. The highest BCUT2D eigenvalue weighted by Crippen LogP contribution is 2.34. The molecule has 4 N–H and O–H groups in total. The molecule has 0 bridgehead atoms. The van der Waals surface area contributed by atoms with Gasteiger partial charge in [-0.25, -0.2) is 0 Å². The summed E-state index contributed by atoms with van der Waals surface area (Å²) < 4.78 is 11.3. The molecule has 1 aromatic carbocycles. The standard InChI is InChI=1S/C15H22N2O3S/c1-15(17,14(16)18)6-2-9-21-11-4-5-12-13(10-11)20-8-3-7-19-12/h4-5,10H,2-3,6-9,17H2,1H3,(H2,16,18). The fourth-order valence-corrected chi connectivity index (χ4v) is 2.87. The molecule has 6 heteroatoms. The first-order chi connectivity index (χ1) is 9.99. The zero-order chi connectivity index (χ0) is 15.3. The van der Waals surface area contributed by atoms with E-state index in [1.54, 1.807) is 18.7 Å². The number of benzene rings is 1. The second-order valence-electron chi connectivity index (χ2n) is 5.39. The van der Waals surface area contributed by atoms with Crippen LogP contribution in [0.4, 0.5) is 0 Å². The second kappa shape index (κ2) is 7.04. The molecule has 21 heavy (non-hydrogen) atoms. The van der Waals surface area contributed by atoms with Gasteiger partial charge in [0.05, 0.1) is 18.8 Å². The summed E-state index contributed by atoms with van der Waals surface area (Å²) in [5, 5.41) is 0. The average Bonchev–Trinajstić information content (AvgIpc) is 2.68. The van der Waals surface area contributed by atoms with Gasteiger partial charge in [-0.15, -0.1) is 11.8 Å². The summed E-state index contributed by atoms with van der Waals surface area (Å²) in [6.45, 7) is 3.06. The maximum atomic E-state index is 11.1. The number of fused-ring (bicyclic) bond motifs is 1. The van der Waals surface area contributed by atoms with E-state index in [4.69, 9.17) is 20.9 Å². The van der Waals surface area contributed by atoms with Crippen LogP contribution in [0.2, 0.25) is 0 Å². The molecular formula is C15H22N2O3S. The predicted octanol–water partition coefficient (Wildman–Crippen LogP) is 1.92. The molecular weight excluding hydrogens is 288 g/mol. The van der Waals surface area contributed by atoms with Gasteiger partial charge in [-0.05, 0) is 43.7 Å².